The smallest absolute Gasteiger partial charge is 0.309 e. The zero-order chi connectivity index (χ0) is 28.9. The zero-order valence-corrected chi connectivity index (χ0v) is 21.9. The van der Waals surface area contributed by atoms with Crippen LogP contribution in [0.1, 0.15) is 65.2 Å². The molecule has 0 aliphatic carbocycles. The zero-order valence-electron chi connectivity index (χ0n) is 21.9. The Kier molecular flexibility index (Phi) is 7.60. The second-order valence-corrected chi connectivity index (χ2v) is 9.09. The molecule has 0 aliphatic heterocycles. The first-order chi connectivity index (χ1) is 19.9. The Bertz CT molecular complexity index is 1650. The molecule has 0 saturated carbocycles. The molecule has 200 valence electrons. The maximum atomic E-state index is 14.2. The number of benzene rings is 4. The number of carbonyl (C=O) groups excluding carboxylic acids is 5. The van der Waals surface area contributed by atoms with Crippen LogP contribution in [0.4, 0.5) is 0 Å². The Morgan fingerprint density at radius 2 is 0.854 bits per heavy atom. The van der Waals surface area contributed by atoms with Crippen molar-refractivity contribution in [3.8, 4) is 5.88 Å². The highest BCUT2D eigenvalue weighted by molar-refractivity contribution is 6.28. The van der Waals surface area contributed by atoms with Crippen molar-refractivity contribution >= 4 is 29.2 Å². The molecular weight excluding hydrogens is 518 g/mol. The summed E-state index contributed by atoms with van der Waals surface area (Å²) in [6.45, 7) is 1.11. The number of nitrogens with zero attached hydrogens (tertiary/aromatic N) is 1. The highest BCUT2D eigenvalue weighted by atomic mass is 16.5. The Labute approximate surface area is 235 Å². The Hall–Kier alpha value is -5.69. The van der Waals surface area contributed by atoms with E-state index in [1.165, 1.54) is 48.5 Å². The quantitative estimate of drug-likeness (QED) is 0.182. The molecule has 5 rings (SSSR count). The predicted molar refractivity (Wildman–Crippen MR) is 152 cm³/mol. The molecule has 0 amide bonds. The average Bonchev–Trinajstić information content (AvgIpc) is 3.35. The Balaban J connectivity index is 1.93. The van der Waals surface area contributed by atoms with E-state index >= 15 is 0 Å². The first-order valence-electron chi connectivity index (χ1n) is 12.7. The summed E-state index contributed by atoms with van der Waals surface area (Å²) in [6.07, 6.45) is 0. The molecule has 1 heterocycles. The number of rotatable bonds is 8. The van der Waals surface area contributed by atoms with Crippen LogP contribution in [0.3, 0.4) is 0 Å². The van der Waals surface area contributed by atoms with Crippen LogP contribution in [0.5, 0.6) is 5.88 Å². The lowest BCUT2D eigenvalue weighted by Gasteiger charge is -2.12. The standard InChI is InChI=1S/C34H23NO6/c1-22(36)41-34-28(31(38)24-16-8-3-9-17-24)27(30(37)23-14-6-2-7-15-23)29(32(39)25-18-10-4-11-19-25)35(34)33(40)26-20-12-5-13-21-26/h2-21H,1H3. The van der Waals surface area contributed by atoms with Gasteiger partial charge in [0.15, 0.2) is 11.6 Å². The van der Waals surface area contributed by atoms with Gasteiger partial charge in [-0.3, -0.25) is 24.0 Å². The van der Waals surface area contributed by atoms with E-state index in [0.717, 1.165) is 11.5 Å². The molecule has 0 atom stereocenters. The van der Waals surface area contributed by atoms with Crippen LogP contribution in [-0.2, 0) is 4.79 Å². The molecular formula is C34H23NO6. The fourth-order valence-electron chi connectivity index (χ4n) is 4.53. The lowest BCUT2D eigenvalue weighted by molar-refractivity contribution is -0.132. The second kappa shape index (κ2) is 11.6. The first-order valence-corrected chi connectivity index (χ1v) is 12.7. The fourth-order valence-corrected chi connectivity index (χ4v) is 4.53. The molecule has 5 aromatic rings. The topological polar surface area (TPSA) is 99.5 Å². The number of ether oxygens (including phenoxy) is 1. The molecule has 0 fully saturated rings. The molecule has 0 radical (unpaired) electrons. The highest BCUT2D eigenvalue weighted by Crippen LogP contribution is 2.36. The lowest BCUT2D eigenvalue weighted by atomic mass is 9.92. The van der Waals surface area contributed by atoms with Crippen LogP contribution in [0.25, 0.3) is 0 Å². The summed E-state index contributed by atoms with van der Waals surface area (Å²) in [4.78, 5) is 69.0. The van der Waals surface area contributed by atoms with Crippen LogP contribution in [0.15, 0.2) is 121 Å². The van der Waals surface area contributed by atoms with Crippen molar-refractivity contribution in [3.05, 3.63) is 160 Å². The van der Waals surface area contributed by atoms with Crippen molar-refractivity contribution in [3.63, 3.8) is 0 Å². The van der Waals surface area contributed by atoms with Crippen LogP contribution < -0.4 is 4.74 Å². The van der Waals surface area contributed by atoms with Crippen molar-refractivity contribution in [2.75, 3.05) is 0 Å². The Morgan fingerprint density at radius 3 is 1.27 bits per heavy atom. The number of esters is 1. The summed E-state index contributed by atoms with van der Waals surface area (Å²) in [5.41, 5.74) is -0.406. The van der Waals surface area contributed by atoms with Gasteiger partial charge in [0.1, 0.15) is 5.69 Å². The average molecular weight is 542 g/mol. The molecule has 41 heavy (non-hydrogen) atoms. The van der Waals surface area contributed by atoms with Gasteiger partial charge in [0.05, 0.1) is 11.1 Å². The van der Waals surface area contributed by atoms with Crippen LogP contribution in [0.2, 0.25) is 0 Å². The number of aromatic nitrogens is 1. The molecule has 0 saturated heterocycles. The minimum absolute atomic E-state index is 0.149. The van der Waals surface area contributed by atoms with Gasteiger partial charge in [-0.15, -0.1) is 0 Å². The van der Waals surface area contributed by atoms with Gasteiger partial charge in [-0.25, -0.2) is 4.57 Å². The van der Waals surface area contributed by atoms with E-state index in [-0.39, 0.29) is 39.1 Å². The minimum atomic E-state index is -0.843. The van der Waals surface area contributed by atoms with Gasteiger partial charge in [0.25, 0.3) is 5.91 Å². The maximum absolute atomic E-state index is 14.2. The second-order valence-electron chi connectivity index (χ2n) is 9.09. The summed E-state index contributed by atoms with van der Waals surface area (Å²) < 4.78 is 6.41. The molecule has 0 spiro atoms. The molecule has 0 aliphatic rings. The number of hydrogen-bond donors (Lipinski definition) is 0. The van der Waals surface area contributed by atoms with Crippen LogP contribution in [0, 0.1) is 0 Å². The van der Waals surface area contributed by atoms with Gasteiger partial charge in [0, 0.05) is 29.2 Å². The predicted octanol–water partition coefficient (Wildman–Crippen LogP) is 5.79. The van der Waals surface area contributed by atoms with E-state index in [4.69, 9.17) is 4.74 Å². The van der Waals surface area contributed by atoms with Gasteiger partial charge in [-0.05, 0) is 12.1 Å². The van der Waals surface area contributed by atoms with Crippen molar-refractivity contribution in [2.24, 2.45) is 0 Å². The van der Waals surface area contributed by atoms with Gasteiger partial charge in [0.2, 0.25) is 11.7 Å². The fraction of sp³-hybridized carbons (Fsp3) is 0.0294. The first kappa shape index (κ1) is 26.9. The van der Waals surface area contributed by atoms with Crippen molar-refractivity contribution in [1.29, 1.82) is 0 Å². The van der Waals surface area contributed by atoms with E-state index < -0.39 is 35.1 Å². The van der Waals surface area contributed by atoms with Crippen molar-refractivity contribution < 1.29 is 28.7 Å². The highest BCUT2D eigenvalue weighted by Gasteiger charge is 2.39. The van der Waals surface area contributed by atoms with E-state index in [0.29, 0.717) is 0 Å². The van der Waals surface area contributed by atoms with Crippen molar-refractivity contribution in [2.45, 2.75) is 6.92 Å². The molecule has 7 heteroatoms. The summed E-state index contributed by atoms with van der Waals surface area (Å²) in [5, 5.41) is 0. The summed E-state index contributed by atoms with van der Waals surface area (Å²) in [7, 11) is 0. The summed E-state index contributed by atoms with van der Waals surface area (Å²) in [5.74, 6) is -4.17. The molecule has 7 nitrogen and oxygen atoms in total. The maximum Gasteiger partial charge on any atom is 0.309 e. The monoisotopic (exact) mass is 541 g/mol. The minimum Gasteiger partial charge on any atom is -0.408 e. The van der Waals surface area contributed by atoms with Gasteiger partial charge in [-0.2, -0.15) is 0 Å². The molecule has 0 unspecified atom stereocenters. The Morgan fingerprint density at radius 1 is 0.488 bits per heavy atom. The number of ketones is 3. The molecule has 0 N–H and O–H groups in total. The van der Waals surface area contributed by atoms with Gasteiger partial charge >= 0.3 is 5.97 Å². The molecule has 4 aromatic carbocycles. The third kappa shape index (κ3) is 5.29. The van der Waals surface area contributed by atoms with E-state index in [1.807, 2.05) is 0 Å². The van der Waals surface area contributed by atoms with Crippen LogP contribution >= 0.6 is 0 Å². The third-order valence-electron chi connectivity index (χ3n) is 6.37. The SMILES string of the molecule is CC(=O)Oc1c(C(=O)c2ccccc2)c(C(=O)c2ccccc2)c(C(=O)c2ccccc2)n1C(=O)c1ccccc1. The summed E-state index contributed by atoms with van der Waals surface area (Å²) in [6, 6.07) is 32.2. The van der Waals surface area contributed by atoms with E-state index in [2.05, 4.69) is 0 Å². The largest absolute Gasteiger partial charge is 0.408 e. The lowest BCUT2D eigenvalue weighted by Crippen LogP contribution is -2.22. The van der Waals surface area contributed by atoms with E-state index in [9.17, 15) is 24.0 Å². The molecule has 1 aromatic heterocycles. The molecule has 0 bridgehead atoms. The number of hydrogen-bond acceptors (Lipinski definition) is 6. The van der Waals surface area contributed by atoms with Crippen LogP contribution in [-0.4, -0.2) is 33.8 Å². The summed E-state index contributed by atoms with van der Waals surface area (Å²) >= 11 is 0. The third-order valence-corrected chi connectivity index (χ3v) is 6.37. The van der Waals surface area contributed by atoms with Gasteiger partial charge < -0.3 is 4.74 Å². The number of carbonyl (C=O) groups is 5. The van der Waals surface area contributed by atoms with Gasteiger partial charge in [-0.1, -0.05) is 109 Å². The van der Waals surface area contributed by atoms with E-state index in [1.54, 1.807) is 72.8 Å². The normalized spacial score (nSPS) is 10.6. The van der Waals surface area contributed by atoms with Crippen molar-refractivity contribution in [1.82, 2.24) is 4.57 Å².